The summed E-state index contributed by atoms with van der Waals surface area (Å²) < 4.78 is 0. The fraction of sp³-hybridized carbons (Fsp3) is 0.136. The minimum absolute atomic E-state index is 0.381. The Bertz CT molecular complexity index is 943. The Morgan fingerprint density at radius 1 is 0.926 bits per heavy atom. The number of rotatable bonds is 3. The molecule has 0 saturated carbocycles. The van der Waals surface area contributed by atoms with Gasteiger partial charge in [0.1, 0.15) is 0 Å². The topological polar surface area (TPSA) is 65.8 Å². The second-order valence-electron chi connectivity index (χ2n) is 6.42. The van der Waals surface area contributed by atoms with Gasteiger partial charge in [-0.05, 0) is 11.6 Å². The zero-order valence-corrected chi connectivity index (χ0v) is 14.7. The first kappa shape index (κ1) is 17.0. The van der Waals surface area contributed by atoms with E-state index in [1.165, 1.54) is 4.90 Å². The molecule has 2 aromatic carbocycles. The SMILES string of the molecule is O=C(O)N1CCc2nc(N=C(c3ccccc3)c3ccccc3)ccc2C1. The predicted molar refractivity (Wildman–Crippen MR) is 105 cm³/mol. The van der Waals surface area contributed by atoms with Crippen molar-refractivity contribution in [3.05, 3.63) is 95.2 Å². The van der Waals surface area contributed by atoms with Crippen LogP contribution in [-0.4, -0.2) is 33.3 Å². The highest BCUT2D eigenvalue weighted by Gasteiger charge is 2.21. The molecule has 1 amide bonds. The van der Waals surface area contributed by atoms with Crippen LogP contribution in [0.25, 0.3) is 0 Å². The zero-order valence-electron chi connectivity index (χ0n) is 14.7. The van der Waals surface area contributed by atoms with Crippen LogP contribution in [0.4, 0.5) is 10.6 Å². The molecule has 1 aromatic heterocycles. The van der Waals surface area contributed by atoms with Gasteiger partial charge in [-0.25, -0.2) is 14.8 Å². The Labute approximate surface area is 157 Å². The smallest absolute Gasteiger partial charge is 0.407 e. The Balaban J connectivity index is 1.73. The van der Waals surface area contributed by atoms with Gasteiger partial charge in [0.25, 0.3) is 0 Å². The number of aromatic nitrogens is 1. The van der Waals surface area contributed by atoms with Gasteiger partial charge in [0, 0.05) is 29.8 Å². The van der Waals surface area contributed by atoms with Gasteiger partial charge in [0.05, 0.1) is 12.3 Å². The number of carbonyl (C=O) groups is 1. The van der Waals surface area contributed by atoms with Crippen LogP contribution in [0.1, 0.15) is 22.4 Å². The summed E-state index contributed by atoms with van der Waals surface area (Å²) in [5.41, 5.74) is 4.80. The number of aliphatic imine (C=N–C) groups is 1. The molecule has 1 aliphatic rings. The fourth-order valence-electron chi connectivity index (χ4n) is 3.23. The maximum atomic E-state index is 11.2. The molecule has 0 bridgehead atoms. The van der Waals surface area contributed by atoms with Gasteiger partial charge in [0.15, 0.2) is 5.82 Å². The van der Waals surface area contributed by atoms with Crippen molar-refractivity contribution >= 4 is 17.6 Å². The largest absolute Gasteiger partial charge is 0.465 e. The van der Waals surface area contributed by atoms with Gasteiger partial charge >= 0.3 is 6.09 Å². The second kappa shape index (κ2) is 7.41. The lowest BCUT2D eigenvalue weighted by Crippen LogP contribution is -2.35. The van der Waals surface area contributed by atoms with Gasteiger partial charge in [0.2, 0.25) is 0 Å². The van der Waals surface area contributed by atoms with E-state index in [0.717, 1.165) is 28.1 Å². The van der Waals surface area contributed by atoms with Crippen LogP contribution < -0.4 is 0 Å². The van der Waals surface area contributed by atoms with Crippen molar-refractivity contribution in [2.24, 2.45) is 4.99 Å². The van der Waals surface area contributed by atoms with Crippen LogP contribution in [0.3, 0.4) is 0 Å². The van der Waals surface area contributed by atoms with E-state index >= 15 is 0 Å². The van der Waals surface area contributed by atoms with Crippen molar-refractivity contribution in [3.8, 4) is 0 Å². The summed E-state index contributed by atoms with van der Waals surface area (Å²) in [5.74, 6) is 0.639. The van der Waals surface area contributed by atoms with Gasteiger partial charge in [-0.1, -0.05) is 66.7 Å². The van der Waals surface area contributed by atoms with Crippen LogP contribution >= 0.6 is 0 Å². The molecule has 1 aliphatic heterocycles. The monoisotopic (exact) mass is 357 g/mol. The standard InChI is InChI=1S/C22H19N3O2/c26-22(27)25-14-13-19-18(15-25)11-12-20(23-19)24-21(16-7-3-1-4-8-16)17-9-5-2-6-10-17/h1-12H,13-15H2,(H,26,27). The first-order valence-electron chi connectivity index (χ1n) is 8.87. The normalized spacial score (nSPS) is 13.0. The molecular weight excluding hydrogens is 338 g/mol. The molecular formula is C22H19N3O2. The minimum atomic E-state index is -0.891. The third-order valence-corrected chi connectivity index (χ3v) is 4.62. The van der Waals surface area contributed by atoms with Crippen LogP contribution in [0.2, 0.25) is 0 Å². The van der Waals surface area contributed by atoms with E-state index in [4.69, 9.17) is 9.98 Å². The van der Waals surface area contributed by atoms with Gasteiger partial charge in [-0.3, -0.25) is 0 Å². The molecule has 4 rings (SSSR count). The summed E-state index contributed by atoms with van der Waals surface area (Å²) in [6, 6.07) is 23.9. The highest BCUT2D eigenvalue weighted by molar-refractivity contribution is 6.13. The van der Waals surface area contributed by atoms with E-state index in [1.807, 2.05) is 72.8 Å². The molecule has 0 atom stereocenters. The Morgan fingerprint density at radius 2 is 1.56 bits per heavy atom. The summed E-state index contributed by atoms with van der Waals surface area (Å²) >= 11 is 0. The number of nitrogens with zero attached hydrogens (tertiary/aromatic N) is 3. The number of amides is 1. The molecule has 0 fully saturated rings. The van der Waals surface area contributed by atoms with Gasteiger partial charge < -0.3 is 10.0 Å². The average Bonchev–Trinajstić information content (AvgIpc) is 2.72. The number of pyridine rings is 1. The van der Waals surface area contributed by atoms with E-state index in [1.54, 1.807) is 0 Å². The lowest BCUT2D eigenvalue weighted by Gasteiger charge is -2.25. The summed E-state index contributed by atoms with van der Waals surface area (Å²) in [4.78, 5) is 22.1. The summed E-state index contributed by atoms with van der Waals surface area (Å²) in [6.45, 7) is 0.846. The summed E-state index contributed by atoms with van der Waals surface area (Å²) in [5, 5.41) is 9.17. The predicted octanol–water partition coefficient (Wildman–Crippen LogP) is 4.29. The van der Waals surface area contributed by atoms with E-state index in [2.05, 4.69) is 0 Å². The number of benzene rings is 2. The molecule has 0 unspecified atom stereocenters. The Morgan fingerprint density at radius 3 is 2.15 bits per heavy atom. The van der Waals surface area contributed by atoms with Crippen molar-refractivity contribution in [1.82, 2.24) is 9.88 Å². The Kier molecular flexibility index (Phi) is 4.66. The third-order valence-electron chi connectivity index (χ3n) is 4.62. The van der Waals surface area contributed by atoms with E-state index in [0.29, 0.717) is 25.3 Å². The summed E-state index contributed by atoms with van der Waals surface area (Å²) in [7, 11) is 0. The number of fused-ring (bicyclic) bond motifs is 1. The maximum Gasteiger partial charge on any atom is 0.407 e. The fourth-order valence-corrected chi connectivity index (χ4v) is 3.23. The molecule has 0 aliphatic carbocycles. The molecule has 0 spiro atoms. The average molecular weight is 357 g/mol. The van der Waals surface area contributed by atoms with Crippen molar-refractivity contribution in [1.29, 1.82) is 0 Å². The number of hydrogen-bond donors (Lipinski definition) is 1. The van der Waals surface area contributed by atoms with Crippen LogP contribution in [0, 0.1) is 0 Å². The van der Waals surface area contributed by atoms with Gasteiger partial charge in [-0.2, -0.15) is 0 Å². The molecule has 5 heteroatoms. The van der Waals surface area contributed by atoms with Crippen LogP contribution in [-0.2, 0) is 13.0 Å². The number of carboxylic acid groups (broad SMARTS) is 1. The first-order chi connectivity index (χ1) is 13.2. The van der Waals surface area contributed by atoms with E-state index in [-0.39, 0.29) is 0 Å². The molecule has 1 N–H and O–H groups in total. The van der Waals surface area contributed by atoms with Crippen molar-refractivity contribution in [2.45, 2.75) is 13.0 Å². The first-order valence-corrected chi connectivity index (χ1v) is 8.87. The molecule has 27 heavy (non-hydrogen) atoms. The second-order valence-corrected chi connectivity index (χ2v) is 6.42. The Hall–Kier alpha value is -3.47. The molecule has 134 valence electrons. The molecule has 0 radical (unpaired) electrons. The molecule has 0 saturated heterocycles. The van der Waals surface area contributed by atoms with Crippen LogP contribution in [0.5, 0.6) is 0 Å². The van der Waals surface area contributed by atoms with Crippen molar-refractivity contribution in [3.63, 3.8) is 0 Å². The van der Waals surface area contributed by atoms with E-state index < -0.39 is 6.09 Å². The van der Waals surface area contributed by atoms with Gasteiger partial charge in [-0.15, -0.1) is 0 Å². The minimum Gasteiger partial charge on any atom is -0.465 e. The summed E-state index contributed by atoms with van der Waals surface area (Å²) in [6.07, 6.45) is -0.282. The van der Waals surface area contributed by atoms with Crippen molar-refractivity contribution < 1.29 is 9.90 Å². The lowest BCUT2D eigenvalue weighted by atomic mass is 10.0. The highest BCUT2D eigenvalue weighted by atomic mass is 16.4. The third kappa shape index (κ3) is 3.72. The highest BCUT2D eigenvalue weighted by Crippen LogP contribution is 2.22. The van der Waals surface area contributed by atoms with Crippen LogP contribution in [0.15, 0.2) is 77.8 Å². The maximum absolute atomic E-state index is 11.2. The zero-order chi connectivity index (χ0) is 18.6. The number of hydrogen-bond acceptors (Lipinski definition) is 3. The molecule has 3 aromatic rings. The lowest BCUT2D eigenvalue weighted by molar-refractivity contribution is 0.139. The van der Waals surface area contributed by atoms with E-state index in [9.17, 15) is 9.90 Å². The quantitative estimate of drug-likeness (QED) is 0.711. The molecule has 5 nitrogen and oxygen atoms in total. The van der Waals surface area contributed by atoms with Crippen molar-refractivity contribution in [2.75, 3.05) is 6.54 Å². The molecule has 2 heterocycles.